The average molecular weight is 280 g/mol. The SMILES string of the molecule is COc1ccccc1C(C)Nc1c(F)cccc1Cl. The van der Waals surface area contributed by atoms with E-state index in [1.165, 1.54) is 6.07 Å². The lowest BCUT2D eigenvalue weighted by molar-refractivity contribution is 0.408. The van der Waals surface area contributed by atoms with E-state index in [1.807, 2.05) is 31.2 Å². The molecule has 0 saturated carbocycles. The molecule has 4 heteroatoms. The first-order valence-electron chi connectivity index (χ1n) is 5.97. The molecule has 0 amide bonds. The molecule has 0 aliphatic heterocycles. The molecule has 0 aromatic heterocycles. The highest BCUT2D eigenvalue weighted by molar-refractivity contribution is 6.33. The predicted molar refractivity (Wildman–Crippen MR) is 76.4 cm³/mol. The minimum atomic E-state index is -0.366. The Morgan fingerprint density at radius 3 is 2.58 bits per heavy atom. The van der Waals surface area contributed by atoms with Crippen LogP contribution in [0.4, 0.5) is 10.1 Å². The second-order valence-corrected chi connectivity index (χ2v) is 4.61. The molecule has 1 N–H and O–H groups in total. The Hall–Kier alpha value is -1.74. The van der Waals surface area contributed by atoms with Gasteiger partial charge < -0.3 is 10.1 Å². The number of methoxy groups -OCH3 is 1. The highest BCUT2D eigenvalue weighted by Gasteiger charge is 2.14. The van der Waals surface area contributed by atoms with E-state index in [4.69, 9.17) is 16.3 Å². The van der Waals surface area contributed by atoms with Gasteiger partial charge in [0.1, 0.15) is 11.6 Å². The van der Waals surface area contributed by atoms with Crippen LogP contribution >= 0.6 is 11.6 Å². The van der Waals surface area contributed by atoms with Gasteiger partial charge in [0, 0.05) is 5.56 Å². The summed E-state index contributed by atoms with van der Waals surface area (Å²) >= 11 is 6.00. The van der Waals surface area contributed by atoms with E-state index in [-0.39, 0.29) is 11.9 Å². The second-order valence-electron chi connectivity index (χ2n) is 4.20. The number of ether oxygens (including phenoxy) is 1. The number of benzene rings is 2. The van der Waals surface area contributed by atoms with Gasteiger partial charge in [0.05, 0.1) is 23.9 Å². The van der Waals surface area contributed by atoms with Crippen molar-refractivity contribution >= 4 is 17.3 Å². The van der Waals surface area contributed by atoms with Crippen molar-refractivity contribution in [3.05, 3.63) is 58.9 Å². The maximum atomic E-state index is 13.7. The van der Waals surface area contributed by atoms with Gasteiger partial charge in [-0.1, -0.05) is 35.9 Å². The van der Waals surface area contributed by atoms with Crippen molar-refractivity contribution in [3.63, 3.8) is 0 Å². The first kappa shape index (κ1) is 13.7. The first-order chi connectivity index (χ1) is 9.13. The second kappa shape index (κ2) is 5.93. The molecule has 0 aliphatic carbocycles. The van der Waals surface area contributed by atoms with Crippen LogP contribution in [0.15, 0.2) is 42.5 Å². The number of hydrogen-bond acceptors (Lipinski definition) is 2. The lowest BCUT2D eigenvalue weighted by Crippen LogP contribution is -2.09. The maximum Gasteiger partial charge on any atom is 0.147 e. The van der Waals surface area contributed by atoms with Crippen LogP contribution in [0.2, 0.25) is 5.02 Å². The molecule has 19 heavy (non-hydrogen) atoms. The standard InChI is InChI=1S/C15H15ClFNO/c1-10(11-6-3-4-9-14(11)19-2)18-15-12(16)7-5-8-13(15)17/h3-10,18H,1-2H3. The van der Waals surface area contributed by atoms with E-state index in [0.29, 0.717) is 10.7 Å². The van der Waals surface area contributed by atoms with Crippen molar-refractivity contribution in [2.75, 3.05) is 12.4 Å². The van der Waals surface area contributed by atoms with Crippen LogP contribution in [-0.4, -0.2) is 7.11 Å². The third-order valence-electron chi connectivity index (χ3n) is 2.93. The summed E-state index contributed by atoms with van der Waals surface area (Å²) in [5.41, 5.74) is 1.26. The van der Waals surface area contributed by atoms with Crippen LogP contribution in [0.1, 0.15) is 18.5 Å². The van der Waals surface area contributed by atoms with Crippen molar-refractivity contribution in [1.29, 1.82) is 0 Å². The zero-order valence-electron chi connectivity index (χ0n) is 10.8. The van der Waals surface area contributed by atoms with Gasteiger partial charge in [0.2, 0.25) is 0 Å². The Balaban J connectivity index is 2.28. The van der Waals surface area contributed by atoms with Gasteiger partial charge in [0.15, 0.2) is 0 Å². The van der Waals surface area contributed by atoms with Gasteiger partial charge in [-0.25, -0.2) is 4.39 Å². The van der Waals surface area contributed by atoms with Crippen molar-refractivity contribution in [1.82, 2.24) is 0 Å². The maximum absolute atomic E-state index is 13.7. The molecule has 0 heterocycles. The largest absolute Gasteiger partial charge is 0.496 e. The summed E-state index contributed by atoms with van der Waals surface area (Å²) in [6.45, 7) is 1.93. The van der Waals surface area contributed by atoms with E-state index < -0.39 is 0 Å². The minimum absolute atomic E-state index is 0.120. The Bertz CT molecular complexity index is 554. The van der Waals surface area contributed by atoms with Gasteiger partial charge in [-0.3, -0.25) is 0 Å². The van der Waals surface area contributed by atoms with E-state index >= 15 is 0 Å². The summed E-state index contributed by atoms with van der Waals surface area (Å²) in [4.78, 5) is 0. The van der Waals surface area contributed by atoms with Gasteiger partial charge in [0.25, 0.3) is 0 Å². The Labute approximate surface area is 117 Å². The number of hydrogen-bond donors (Lipinski definition) is 1. The molecule has 2 aromatic rings. The van der Waals surface area contributed by atoms with Crippen molar-refractivity contribution in [2.24, 2.45) is 0 Å². The summed E-state index contributed by atoms with van der Waals surface area (Å²) in [5.74, 6) is 0.393. The number of rotatable bonds is 4. The summed E-state index contributed by atoms with van der Waals surface area (Å²) in [5, 5.41) is 3.45. The lowest BCUT2D eigenvalue weighted by Gasteiger charge is -2.19. The van der Waals surface area contributed by atoms with E-state index in [1.54, 1.807) is 19.2 Å². The van der Waals surface area contributed by atoms with Crippen LogP contribution in [-0.2, 0) is 0 Å². The molecule has 1 unspecified atom stereocenters. The first-order valence-corrected chi connectivity index (χ1v) is 6.34. The molecule has 0 fully saturated rings. The summed E-state index contributed by atoms with van der Waals surface area (Å²) in [6.07, 6.45) is 0. The molecular weight excluding hydrogens is 265 g/mol. The Morgan fingerprint density at radius 1 is 1.16 bits per heavy atom. The van der Waals surface area contributed by atoms with Gasteiger partial charge in [-0.2, -0.15) is 0 Å². The number of nitrogens with one attached hydrogen (secondary N) is 1. The molecule has 2 nitrogen and oxygen atoms in total. The number of halogens is 2. The fourth-order valence-corrected chi connectivity index (χ4v) is 2.17. The summed E-state index contributed by atoms with van der Waals surface area (Å²) in [7, 11) is 1.61. The fraction of sp³-hybridized carbons (Fsp3) is 0.200. The zero-order chi connectivity index (χ0) is 13.8. The monoisotopic (exact) mass is 279 g/mol. The van der Waals surface area contributed by atoms with E-state index in [9.17, 15) is 4.39 Å². The molecule has 100 valence electrons. The molecule has 0 spiro atoms. The Morgan fingerprint density at radius 2 is 1.89 bits per heavy atom. The summed E-state index contributed by atoms with van der Waals surface area (Å²) < 4.78 is 19.0. The molecular formula is C15H15ClFNO. The third-order valence-corrected chi connectivity index (χ3v) is 3.24. The summed E-state index contributed by atoms with van der Waals surface area (Å²) in [6, 6.07) is 12.1. The lowest BCUT2D eigenvalue weighted by atomic mass is 10.1. The van der Waals surface area contributed by atoms with Crippen LogP contribution in [0.3, 0.4) is 0 Å². The normalized spacial score (nSPS) is 12.0. The molecule has 1 atom stereocenters. The van der Waals surface area contributed by atoms with Gasteiger partial charge in [-0.05, 0) is 25.1 Å². The smallest absolute Gasteiger partial charge is 0.147 e. The van der Waals surface area contributed by atoms with Crippen molar-refractivity contribution in [2.45, 2.75) is 13.0 Å². The molecule has 0 saturated heterocycles. The predicted octanol–water partition coefficient (Wildman–Crippen LogP) is 4.66. The third kappa shape index (κ3) is 2.99. The minimum Gasteiger partial charge on any atom is -0.496 e. The van der Waals surface area contributed by atoms with E-state index in [0.717, 1.165) is 11.3 Å². The van der Waals surface area contributed by atoms with Crippen LogP contribution in [0.25, 0.3) is 0 Å². The van der Waals surface area contributed by atoms with E-state index in [2.05, 4.69) is 5.32 Å². The zero-order valence-corrected chi connectivity index (χ0v) is 11.5. The molecule has 0 radical (unpaired) electrons. The van der Waals surface area contributed by atoms with Crippen LogP contribution in [0.5, 0.6) is 5.75 Å². The van der Waals surface area contributed by atoms with Gasteiger partial charge >= 0.3 is 0 Å². The topological polar surface area (TPSA) is 21.3 Å². The molecule has 2 rings (SSSR count). The fourth-order valence-electron chi connectivity index (χ4n) is 1.95. The van der Waals surface area contributed by atoms with Crippen LogP contribution < -0.4 is 10.1 Å². The quantitative estimate of drug-likeness (QED) is 0.879. The molecule has 0 bridgehead atoms. The average Bonchev–Trinajstić information content (AvgIpc) is 2.42. The van der Waals surface area contributed by atoms with Crippen molar-refractivity contribution in [3.8, 4) is 5.75 Å². The highest BCUT2D eigenvalue weighted by Crippen LogP contribution is 2.31. The highest BCUT2D eigenvalue weighted by atomic mass is 35.5. The van der Waals surface area contributed by atoms with Gasteiger partial charge in [-0.15, -0.1) is 0 Å². The Kier molecular flexibility index (Phi) is 4.27. The van der Waals surface area contributed by atoms with Crippen molar-refractivity contribution < 1.29 is 9.13 Å². The van der Waals surface area contributed by atoms with Crippen LogP contribution in [0, 0.1) is 5.82 Å². The number of anilines is 1. The number of para-hydroxylation sites is 2. The molecule has 2 aromatic carbocycles. The molecule has 0 aliphatic rings.